The maximum absolute atomic E-state index is 5.73. The summed E-state index contributed by atoms with van der Waals surface area (Å²) in [6, 6.07) is 14.1. The summed E-state index contributed by atoms with van der Waals surface area (Å²) in [4.78, 5) is 1.19. The molecule has 4 nitrogen and oxygen atoms in total. The molecule has 0 saturated carbocycles. The van der Waals surface area contributed by atoms with Crippen LogP contribution in [0, 0.1) is 0 Å². The fourth-order valence-electron chi connectivity index (χ4n) is 2.04. The van der Waals surface area contributed by atoms with E-state index < -0.39 is 0 Å². The molecule has 0 aromatic heterocycles. The van der Waals surface area contributed by atoms with Crippen LogP contribution in [-0.2, 0) is 9.47 Å². The van der Waals surface area contributed by atoms with Gasteiger partial charge in [-0.1, -0.05) is 24.3 Å². The molecule has 22 heavy (non-hydrogen) atoms. The molecule has 5 heteroatoms. The van der Waals surface area contributed by atoms with Gasteiger partial charge in [-0.25, -0.2) is 0 Å². The minimum atomic E-state index is 0.155. The topological polar surface area (TPSA) is 36.9 Å². The van der Waals surface area contributed by atoms with Crippen molar-refractivity contribution in [2.24, 2.45) is 0 Å². The lowest BCUT2D eigenvalue weighted by atomic mass is 10.0. The van der Waals surface area contributed by atoms with Crippen LogP contribution >= 0.6 is 11.8 Å². The highest BCUT2D eigenvalue weighted by molar-refractivity contribution is 7.98. The average molecular weight is 320 g/mol. The van der Waals surface area contributed by atoms with Crippen molar-refractivity contribution < 1.29 is 18.9 Å². The Balaban J connectivity index is 2.43. The summed E-state index contributed by atoms with van der Waals surface area (Å²) in [5.74, 6) is 1.28. The fraction of sp³-hybridized carbons (Fsp3) is 0.294. The molecule has 2 aromatic rings. The van der Waals surface area contributed by atoms with Gasteiger partial charge in [0.2, 0.25) is 0 Å². The Labute approximate surface area is 135 Å². The third kappa shape index (κ3) is 4.16. The smallest absolute Gasteiger partial charge is 0.188 e. The normalized spacial score (nSPS) is 10.5. The highest BCUT2D eigenvalue weighted by atomic mass is 32.2. The maximum atomic E-state index is 5.73. The lowest BCUT2D eigenvalue weighted by Gasteiger charge is -2.16. The van der Waals surface area contributed by atoms with Gasteiger partial charge in [-0.2, -0.15) is 0 Å². The van der Waals surface area contributed by atoms with E-state index in [2.05, 4.69) is 24.5 Å². The fourth-order valence-corrected chi connectivity index (χ4v) is 2.50. The van der Waals surface area contributed by atoms with E-state index in [0.29, 0.717) is 11.5 Å². The van der Waals surface area contributed by atoms with Gasteiger partial charge in [-0.15, -0.1) is 11.8 Å². The third-order valence-electron chi connectivity index (χ3n) is 3.01. The first-order valence-corrected chi connectivity index (χ1v) is 8.03. The van der Waals surface area contributed by atoms with Gasteiger partial charge in [0.25, 0.3) is 0 Å². The summed E-state index contributed by atoms with van der Waals surface area (Å²) in [6.45, 7) is 0.320. The van der Waals surface area contributed by atoms with Crippen molar-refractivity contribution in [2.75, 3.05) is 34.1 Å². The van der Waals surface area contributed by atoms with Gasteiger partial charge < -0.3 is 18.9 Å². The van der Waals surface area contributed by atoms with E-state index in [0.717, 1.165) is 11.1 Å². The summed E-state index contributed by atoms with van der Waals surface area (Å²) < 4.78 is 21.3. The quantitative estimate of drug-likeness (QED) is 0.542. The number of benzene rings is 2. The van der Waals surface area contributed by atoms with Crippen molar-refractivity contribution in [1.82, 2.24) is 0 Å². The number of hydrogen-bond acceptors (Lipinski definition) is 5. The molecule has 2 rings (SSSR count). The van der Waals surface area contributed by atoms with Crippen LogP contribution in [0.15, 0.2) is 47.4 Å². The monoisotopic (exact) mass is 320 g/mol. The van der Waals surface area contributed by atoms with Gasteiger partial charge in [0, 0.05) is 24.7 Å². The predicted molar refractivity (Wildman–Crippen MR) is 88.7 cm³/mol. The summed E-state index contributed by atoms with van der Waals surface area (Å²) in [6.07, 6.45) is 2.06. The lowest BCUT2D eigenvalue weighted by molar-refractivity contribution is 0.0326. The molecule has 0 unspecified atom stereocenters. The van der Waals surface area contributed by atoms with Gasteiger partial charge >= 0.3 is 0 Å². The number of thioether (sulfide) groups is 1. The van der Waals surface area contributed by atoms with Gasteiger partial charge in [0.1, 0.15) is 0 Å². The highest BCUT2D eigenvalue weighted by Crippen LogP contribution is 2.39. The molecule has 0 bridgehead atoms. The molecular weight excluding hydrogens is 300 g/mol. The third-order valence-corrected chi connectivity index (χ3v) is 3.74. The van der Waals surface area contributed by atoms with Crippen LogP contribution < -0.4 is 9.47 Å². The second kappa shape index (κ2) is 8.68. The molecule has 0 saturated heterocycles. The predicted octanol–water partition coefficient (Wildman–Crippen LogP) is 4.04. The van der Waals surface area contributed by atoms with Crippen LogP contribution in [0.25, 0.3) is 11.1 Å². The molecular formula is C17H20O4S. The Morgan fingerprint density at radius 3 is 2.36 bits per heavy atom. The zero-order valence-electron chi connectivity index (χ0n) is 13.0. The van der Waals surface area contributed by atoms with E-state index in [4.69, 9.17) is 18.9 Å². The Hall–Kier alpha value is -1.69. The maximum Gasteiger partial charge on any atom is 0.188 e. The van der Waals surface area contributed by atoms with E-state index >= 15 is 0 Å². The van der Waals surface area contributed by atoms with E-state index in [1.54, 1.807) is 26.0 Å². The van der Waals surface area contributed by atoms with Crippen molar-refractivity contribution in [3.05, 3.63) is 42.5 Å². The molecule has 0 fully saturated rings. The molecule has 0 amide bonds. The SMILES string of the molecule is COCOc1cccc(-c2cccc(SC)c2)c1OCOC. The van der Waals surface area contributed by atoms with Gasteiger partial charge in [0.15, 0.2) is 25.1 Å². The summed E-state index contributed by atoms with van der Waals surface area (Å²) in [5, 5.41) is 0. The lowest BCUT2D eigenvalue weighted by Crippen LogP contribution is -2.05. The van der Waals surface area contributed by atoms with E-state index in [9.17, 15) is 0 Å². The molecule has 0 spiro atoms. The summed E-state index contributed by atoms with van der Waals surface area (Å²) in [7, 11) is 3.17. The first-order chi connectivity index (χ1) is 10.8. The number of rotatable bonds is 8. The van der Waals surface area contributed by atoms with E-state index in [1.165, 1.54) is 4.90 Å². The first-order valence-electron chi connectivity index (χ1n) is 6.81. The zero-order chi connectivity index (χ0) is 15.8. The minimum absolute atomic E-state index is 0.155. The van der Waals surface area contributed by atoms with Crippen LogP contribution in [0.5, 0.6) is 11.5 Å². The second-order valence-corrected chi connectivity index (χ2v) is 5.35. The first kappa shape index (κ1) is 16.7. The summed E-state index contributed by atoms with van der Waals surface area (Å²) >= 11 is 1.70. The Morgan fingerprint density at radius 2 is 1.64 bits per heavy atom. The van der Waals surface area contributed by atoms with Crippen LogP contribution in [0.4, 0.5) is 0 Å². The second-order valence-electron chi connectivity index (χ2n) is 4.47. The molecule has 0 aliphatic heterocycles. The number of hydrogen-bond donors (Lipinski definition) is 0. The Kier molecular flexibility index (Phi) is 6.58. The molecule has 2 aromatic carbocycles. The Morgan fingerprint density at radius 1 is 0.909 bits per heavy atom. The standard InChI is InChI=1S/C17H20O4S/c1-18-11-20-16-9-5-8-15(17(16)21-12-19-2)13-6-4-7-14(10-13)22-3/h4-10H,11-12H2,1-3H3. The highest BCUT2D eigenvalue weighted by Gasteiger charge is 2.13. The number of ether oxygens (including phenoxy) is 4. The van der Waals surface area contributed by atoms with Crippen LogP contribution in [0.1, 0.15) is 0 Å². The van der Waals surface area contributed by atoms with Crippen LogP contribution in [0.3, 0.4) is 0 Å². The number of methoxy groups -OCH3 is 2. The Bertz CT molecular complexity index is 601. The van der Waals surface area contributed by atoms with Crippen LogP contribution in [-0.4, -0.2) is 34.1 Å². The van der Waals surface area contributed by atoms with Crippen molar-refractivity contribution in [3.8, 4) is 22.6 Å². The molecule has 0 aliphatic rings. The van der Waals surface area contributed by atoms with Gasteiger partial charge in [-0.3, -0.25) is 0 Å². The van der Waals surface area contributed by atoms with E-state index in [-0.39, 0.29) is 13.6 Å². The van der Waals surface area contributed by atoms with Crippen molar-refractivity contribution in [2.45, 2.75) is 4.90 Å². The molecule has 0 heterocycles. The molecule has 0 N–H and O–H groups in total. The largest absolute Gasteiger partial charge is 0.464 e. The molecule has 0 radical (unpaired) electrons. The van der Waals surface area contributed by atoms with Gasteiger partial charge in [0.05, 0.1) is 0 Å². The molecule has 118 valence electrons. The van der Waals surface area contributed by atoms with Crippen molar-refractivity contribution >= 4 is 11.8 Å². The average Bonchev–Trinajstić information content (AvgIpc) is 2.58. The van der Waals surface area contributed by atoms with Crippen molar-refractivity contribution in [3.63, 3.8) is 0 Å². The minimum Gasteiger partial charge on any atom is -0.464 e. The van der Waals surface area contributed by atoms with Crippen molar-refractivity contribution in [1.29, 1.82) is 0 Å². The zero-order valence-corrected chi connectivity index (χ0v) is 13.8. The van der Waals surface area contributed by atoms with Crippen LogP contribution in [0.2, 0.25) is 0 Å². The molecule has 0 atom stereocenters. The van der Waals surface area contributed by atoms with E-state index in [1.807, 2.05) is 24.3 Å². The summed E-state index contributed by atoms with van der Waals surface area (Å²) in [5.41, 5.74) is 2.03. The van der Waals surface area contributed by atoms with Gasteiger partial charge in [-0.05, 0) is 30.0 Å². The molecule has 0 aliphatic carbocycles. The number of para-hydroxylation sites is 1.